The smallest absolute Gasteiger partial charge is 0.295 e. The summed E-state index contributed by atoms with van der Waals surface area (Å²) in [6, 6.07) is 30.2. The molecule has 7 heteroatoms. The van der Waals surface area contributed by atoms with Gasteiger partial charge in [0, 0.05) is 45.6 Å². The largest absolute Gasteiger partial charge is 0.456 e. The van der Waals surface area contributed by atoms with E-state index in [0.29, 0.717) is 38.8 Å². The van der Waals surface area contributed by atoms with Gasteiger partial charge in [0.1, 0.15) is 16.2 Å². The summed E-state index contributed by atoms with van der Waals surface area (Å²) in [6.07, 6.45) is 0. The number of aryl methyl sites for hydroxylation is 4. The molecule has 1 heterocycles. The van der Waals surface area contributed by atoms with Crippen molar-refractivity contribution in [3.63, 3.8) is 0 Å². The summed E-state index contributed by atoms with van der Waals surface area (Å²) in [5.41, 5.74) is 9.40. The number of nitrogens with one attached hydrogen (secondary N) is 1. The van der Waals surface area contributed by atoms with Gasteiger partial charge in [0.2, 0.25) is 0 Å². The molecule has 2 aliphatic rings. The molecule has 6 nitrogen and oxygen atoms in total. The standard InChI is InChI=1S/C35H30N2O4S/c1-21-9-11-23(3)30(17-21)36-25-13-15-27-32(19-25)41-33-20-26(37-31-18-22(2)10-12-24(31)4)14-16-28(33)35(27)29-7-5-6-8-34(29)42(38,39)40/h5-20,36H,1-4H3,(H,38,39,40)/b37-26-. The first kappa shape index (κ1) is 27.4. The Balaban J connectivity index is 1.62. The molecule has 0 saturated carbocycles. The summed E-state index contributed by atoms with van der Waals surface area (Å²) in [5, 5.41) is 4.91. The number of hydrogen-bond acceptors (Lipinski definition) is 5. The van der Waals surface area contributed by atoms with Gasteiger partial charge in [-0.1, -0.05) is 42.5 Å². The molecule has 0 aromatic heterocycles. The van der Waals surface area contributed by atoms with Crippen molar-refractivity contribution < 1.29 is 17.4 Å². The Morgan fingerprint density at radius 2 is 1.48 bits per heavy atom. The van der Waals surface area contributed by atoms with E-state index in [0.717, 1.165) is 39.3 Å². The Labute approximate surface area is 245 Å². The zero-order valence-electron chi connectivity index (χ0n) is 23.8. The highest BCUT2D eigenvalue weighted by atomic mass is 32.2. The topological polar surface area (TPSA) is 91.9 Å². The van der Waals surface area contributed by atoms with Gasteiger partial charge >= 0.3 is 0 Å². The minimum absolute atomic E-state index is 0.166. The molecule has 4 aromatic carbocycles. The fourth-order valence-electron chi connectivity index (χ4n) is 5.22. The van der Waals surface area contributed by atoms with Crippen LogP contribution in [0.4, 0.5) is 17.1 Å². The molecule has 4 aromatic rings. The van der Waals surface area contributed by atoms with Crippen LogP contribution in [-0.4, -0.2) is 13.0 Å². The number of fused-ring (bicyclic) bond motifs is 2. The number of nitrogens with zero attached hydrogens (tertiary/aromatic N) is 1. The Kier molecular flexibility index (Phi) is 6.93. The molecule has 1 aliphatic heterocycles. The zero-order valence-corrected chi connectivity index (χ0v) is 24.6. The minimum atomic E-state index is -4.50. The van der Waals surface area contributed by atoms with Crippen molar-refractivity contribution in [3.05, 3.63) is 125 Å². The van der Waals surface area contributed by atoms with Crippen LogP contribution in [0.2, 0.25) is 0 Å². The van der Waals surface area contributed by atoms with Crippen LogP contribution in [-0.2, 0) is 10.1 Å². The Morgan fingerprint density at radius 1 is 0.738 bits per heavy atom. The lowest BCUT2D eigenvalue weighted by Crippen LogP contribution is -2.05. The average molecular weight is 575 g/mol. The maximum atomic E-state index is 12.4. The first-order chi connectivity index (χ1) is 20.1. The van der Waals surface area contributed by atoms with Crippen LogP contribution in [0, 0.1) is 27.7 Å². The van der Waals surface area contributed by atoms with Crippen LogP contribution in [0.3, 0.4) is 0 Å². The molecule has 0 atom stereocenters. The SMILES string of the molecule is Cc1ccc(C)c(/N=c2/ccc3c(-c4ccccc4S(=O)(=O)O)c4ccc(Nc5cc(C)ccc5C)cc4oc-3c2)c1. The maximum absolute atomic E-state index is 12.4. The summed E-state index contributed by atoms with van der Waals surface area (Å²) in [7, 11) is -4.50. The van der Waals surface area contributed by atoms with Crippen LogP contribution in [0.15, 0.2) is 111 Å². The van der Waals surface area contributed by atoms with Gasteiger partial charge in [-0.2, -0.15) is 8.42 Å². The highest BCUT2D eigenvalue weighted by Gasteiger charge is 2.23. The molecule has 0 radical (unpaired) electrons. The molecule has 0 fully saturated rings. The fraction of sp³-hybridized carbons (Fsp3) is 0.114. The van der Waals surface area contributed by atoms with Crippen molar-refractivity contribution in [2.75, 3.05) is 5.32 Å². The van der Waals surface area contributed by atoms with E-state index in [1.165, 1.54) is 6.07 Å². The summed E-state index contributed by atoms with van der Waals surface area (Å²) in [6.45, 7) is 8.15. The highest BCUT2D eigenvalue weighted by molar-refractivity contribution is 7.86. The van der Waals surface area contributed by atoms with Gasteiger partial charge in [-0.25, -0.2) is 4.99 Å². The van der Waals surface area contributed by atoms with Crippen molar-refractivity contribution in [1.82, 2.24) is 0 Å². The summed E-state index contributed by atoms with van der Waals surface area (Å²) in [4.78, 5) is 4.71. The predicted octanol–water partition coefficient (Wildman–Crippen LogP) is 8.66. The van der Waals surface area contributed by atoms with E-state index in [1.807, 2.05) is 76.2 Å². The first-order valence-electron chi connectivity index (χ1n) is 13.6. The minimum Gasteiger partial charge on any atom is -0.456 e. The average Bonchev–Trinajstić information content (AvgIpc) is 2.95. The molecular formula is C35H30N2O4S. The quantitative estimate of drug-likeness (QED) is 0.159. The van der Waals surface area contributed by atoms with Crippen LogP contribution in [0.5, 0.6) is 0 Å². The molecule has 0 amide bonds. The summed E-state index contributed by atoms with van der Waals surface area (Å²) >= 11 is 0. The molecule has 0 saturated heterocycles. The molecule has 42 heavy (non-hydrogen) atoms. The third kappa shape index (κ3) is 5.32. The monoisotopic (exact) mass is 574 g/mol. The third-order valence-corrected chi connectivity index (χ3v) is 8.34. The second-order valence-corrected chi connectivity index (χ2v) is 12.1. The number of rotatable bonds is 5. The lowest BCUT2D eigenvalue weighted by atomic mass is 9.93. The van der Waals surface area contributed by atoms with Crippen molar-refractivity contribution >= 4 is 38.1 Å². The van der Waals surface area contributed by atoms with E-state index < -0.39 is 10.1 Å². The normalized spacial score (nSPS) is 12.3. The van der Waals surface area contributed by atoms with Crippen LogP contribution < -0.4 is 10.7 Å². The third-order valence-electron chi connectivity index (χ3n) is 7.43. The Hall–Kier alpha value is -4.72. The van der Waals surface area contributed by atoms with Gasteiger partial charge in [0.15, 0.2) is 0 Å². The Bertz CT molecular complexity index is 2150. The van der Waals surface area contributed by atoms with E-state index in [4.69, 9.17) is 9.41 Å². The molecule has 0 bridgehead atoms. The summed E-state index contributed by atoms with van der Waals surface area (Å²) < 4.78 is 41.5. The first-order valence-corrected chi connectivity index (χ1v) is 15.0. The van der Waals surface area contributed by atoms with Gasteiger partial charge in [-0.05, 0) is 92.4 Å². The van der Waals surface area contributed by atoms with Crippen molar-refractivity contribution in [2.45, 2.75) is 32.6 Å². The van der Waals surface area contributed by atoms with Crippen molar-refractivity contribution in [3.8, 4) is 22.5 Å². The van der Waals surface area contributed by atoms with Crippen LogP contribution in [0.1, 0.15) is 22.3 Å². The van der Waals surface area contributed by atoms with Gasteiger partial charge < -0.3 is 9.73 Å². The van der Waals surface area contributed by atoms with Gasteiger partial charge in [-0.15, -0.1) is 0 Å². The van der Waals surface area contributed by atoms with Gasteiger partial charge in [0.25, 0.3) is 10.1 Å². The Morgan fingerprint density at radius 3 is 2.26 bits per heavy atom. The van der Waals surface area contributed by atoms with E-state index in [1.54, 1.807) is 18.2 Å². The molecular weight excluding hydrogens is 544 g/mol. The molecule has 2 N–H and O–H groups in total. The van der Waals surface area contributed by atoms with E-state index in [-0.39, 0.29) is 4.90 Å². The molecule has 0 unspecified atom stereocenters. The lowest BCUT2D eigenvalue weighted by molar-refractivity contribution is 0.483. The predicted molar refractivity (Wildman–Crippen MR) is 168 cm³/mol. The molecule has 210 valence electrons. The second kappa shape index (κ2) is 10.6. The van der Waals surface area contributed by atoms with Crippen molar-refractivity contribution in [2.24, 2.45) is 4.99 Å². The number of anilines is 2. The van der Waals surface area contributed by atoms with Gasteiger partial charge in [0.05, 0.1) is 11.0 Å². The molecule has 0 spiro atoms. The zero-order chi connectivity index (χ0) is 29.6. The number of benzene rings is 5. The van der Waals surface area contributed by atoms with Gasteiger partial charge in [-0.3, -0.25) is 4.55 Å². The lowest BCUT2D eigenvalue weighted by Gasteiger charge is -2.18. The van der Waals surface area contributed by atoms with E-state index >= 15 is 0 Å². The van der Waals surface area contributed by atoms with E-state index in [9.17, 15) is 13.0 Å². The molecule has 6 rings (SSSR count). The number of hydrogen-bond donors (Lipinski definition) is 2. The second-order valence-electron chi connectivity index (χ2n) is 10.7. The van der Waals surface area contributed by atoms with Crippen LogP contribution >= 0.6 is 0 Å². The maximum Gasteiger partial charge on any atom is 0.295 e. The summed E-state index contributed by atoms with van der Waals surface area (Å²) in [5.74, 6) is 0.540. The van der Waals surface area contributed by atoms with Crippen LogP contribution in [0.25, 0.3) is 33.4 Å². The van der Waals surface area contributed by atoms with E-state index in [2.05, 4.69) is 29.6 Å². The molecule has 1 aliphatic carbocycles. The highest BCUT2D eigenvalue weighted by Crippen LogP contribution is 2.43. The van der Waals surface area contributed by atoms with Crippen molar-refractivity contribution in [1.29, 1.82) is 0 Å². The fourth-order valence-corrected chi connectivity index (χ4v) is 5.92.